The Morgan fingerprint density at radius 1 is 1.47 bits per heavy atom. The van der Waals surface area contributed by atoms with Gasteiger partial charge in [0.15, 0.2) is 0 Å². The van der Waals surface area contributed by atoms with Gasteiger partial charge in [0, 0.05) is 11.4 Å². The molecule has 17 heavy (non-hydrogen) atoms. The lowest BCUT2D eigenvalue weighted by molar-refractivity contribution is 0.0554. The average molecular weight is 277 g/mol. The monoisotopic (exact) mass is 277 g/mol. The van der Waals surface area contributed by atoms with Crippen molar-refractivity contribution in [1.82, 2.24) is 4.72 Å². The van der Waals surface area contributed by atoms with Gasteiger partial charge in [-0.2, -0.15) is 0 Å². The molecule has 0 amide bonds. The Hall–Kier alpha value is -0.430. The number of sulfonamides is 1. The molecule has 0 aliphatic carbocycles. The van der Waals surface area contributed by atoms with Crippen LogP contribution in [0.25, 0.3) is 0 Å². The topological polar surface area (TPSA) is 66.4 Å². The highest BCUT2D eigenvalue weighted by molar-refractivity contribution is 7.91. The Kier molecular flexibility index (Phi) is 4.71. The molecule has 0 fully saturated rings. The van der Waals surface area contributed by atoms with Crippen LogP contribution in [0.15, 0.2) is 16.3 Å². The van der Waals surface area contributed by atoms with E-state index in [2.05, 4.69) is 4.72 Å². The molecule has 0 radical (unpaired) electrons. The van der Waals surface area contributed by atoms with Gasteiger partial charge in [0.05, 0.1) is 5.60 Å². The Labute approximate surface area is 107 Å². The minimum atomic E-state index is -3.48. The van der Waals surface area contributed by atoms with Crippen LogP contribution in [-0.4, -0.2) is 25.7 Å². The molecule has 98 valence electrons. The van der Waals surface area contributed by atoms with E-state index in [0.717, 1.165) is 11.3 Å². The molecule has 2 N–H and O–H groups in total. The number of aliphatic hydroxyl groups is 1. The van der Waals surface area contributed by atoms with Crippen molar-refractivity contribution in [2.24, 2.45) is 0 Å². The van der Waals surface area contributed by atoms with Crippen LogP contribution < -0.4 is 4.72 Å². The third-order valence-electron chi connectivity index (χ3n) is 2.41. The number of hydrogen-bond donors (Lipinski definition) is 2. The summed E-state index contributed by atoms with van der Waals surface area (Å²) in [7, 11) is -3.48. The SMILES string of the molecule is CCCC(C)(O)CNS(=O)(=O)c1ccc(C)s1. The van der Waals surface area contributed by atoms with E-state index in [9.17, 15) is 13.5 Å². The number of hydrogen-bond acceptors (Lipinski definition) is 4. The largest absolute Gasteiger partial charge is 0.389 e. The zero-order valence-electron chi connectivity index (χ0n) is 10.4. The number of thiophene rings is 1. The molecule has 6 heteroatoms. The van der Waals surface area contributed by atoms with Gasteiger partial charge in [-0.1, -0.05) is 13.3 Å². The summed E-state index contributed by atoms with van der Waals surface area (Å²) in [5.41, 5.74) is -0.992. The lowest BCUT2D eigenvalue weighted by Crippen LogP contribution is -2.40. The first-order valence-corrected chi connectivity index (χ1v) is 7.85. The smallest absolute Gasteiger partial charge is 0.250 e. The molecule has 0 saturated heterocycles. The fraction of sp³-hybridized carbons (Fsp3) is 0.636. The fourth-order valence-corrected chi connectivity index (χ4v) is 3.99. The van der Waals surface area contributed by atoms with E-state index >= 15 is 0 Å². The van der Waals surface area contributed by atoms with E-state index in [4.69, 9.17) is 0 Å². The molecule has 1 aromatic rings. The van der Waals surface area contributed by atoms with E-state index in [-0.39, 0.29) is 6.54 Å². The van der Waals surface area contributed by atoms with Crippen LogP contribution in [0.2, 0.25) is 0 Å². The minimum absolute atomic E-state index is 0.0418. The Balaban J connectivity index is 2.69. The Bertz CT molecular complexity index is 463. The highest BCUT2D eigenvalue weighted by atomic mass is 32.2. The predicted molar refractivity (Wildman–Crippen MR) is 69.8 cm³/mol. The molecule has 0 aliphatic heterocycles. The molecule has 1 rings (SSSR count). The third-order valence-corrected chi connectivity index (χ3v) is 5.31. The van der Waals surface area contributed by atoms with Crippen molar-refractivity contribution in [3.8, 4) is 0 Å². The molecule has 0 aliphatic rings. The van der Waals surface area contributed by atoms with Gasteiger partial charge >= 0.3 is 0 Å². The van der Waals surface area contributed by atoms with Gasteiger partial charge in [0.2, 0.25) is 10.0 Å². The van der Waals surface area contributed by atoms with Gasteiger partial charge in [-0.3, -0.25) is 0 Å². The zero-order valence-corrected chi connectivity index (χ0v) is 12.0. The highest BCUT2D eigenvalue weighted by Gasteiger charge is 2.23. The van der Waals surface area contributed by atoms with Crippen LogP contribution >= 0.6 is 11.3 Å². The molecule has 0 bridgehead atoms. The van der Waals surface area contributed by atoms with Gasteiger partial charge < -0.3 is 5.11 Å². The first-order chi connectivity index (χ1) is 7.77. The van der Waals surface area contributed by atoms with Crippen molar-refractivity contribution in [1.29, 1.82) is 0 Å². The Morgan fingerprint density at radius 3 is 2.59 bits per heavy atom. The summed E-state index contributed by atoms with van der Waals surface area (Å²) in [6.07, 6.45) is 1.38. The van der Waals surface area contributed by atoms with E-state index in [1.54, 1.807) is 19.1 Å². The van der Waals surface area contributed by atoms with E-state index < -0.39 is 15.6 Å². The van der Waals surface area contributed by atoms with Crippen LogP contribution in [0.5, 0.6) is 0 Å². The summed E-state index contributed by atoms with van der Waals surface area (Å²) < 4.78 is 26.5. The molecule has 0 saturated carbocycles. The maximum absolute atomic E-state index is 11.9. The van der Waals surface area contributed by atoms with Crippen LogP contribution in [0.3, 0.4) is 0 Å². The molecular weight excluding hydrogens is 258 g/mol. The summed E-state index contributed by atoms with van der Waals surface area (Å²) in [5.74, 6) is 0. The fourth-order valence-electron chi connectivity index (χ4n) is 1.51. The van der Waals surface area contributed by atoms with Gasteiger partial charge in [-0.25, -0.2) is 13.1 Å². The maximum Gasteiger partial charge on any atom is 0.250 e. The van der Waals surface area contributed by atoms with Crippen molar-refractivity contribution in [3.63, 3.8) is 0 Å². The second kappa shape index (κ2) is 5.48. The first kappa shape index (κ1) is 14.6. The standard InChI is InChI=1S/C11H19NO3S2/c1-4-7-11(3,13)8-12-17(14,15)10-6-5-9(2)16-10/h5-6,12-13H,4,7-8H2,1-3H3. The highest BCUT2D eigenvalue weighted by Crippen LogP contribution is 2.21. The molecule has 0 aromatic carbocycles. The third kappa shape index (κ3) is 4.39. The summed E-state index contributed by atoms with van der Waals surface area (Å²) in [6.45, 7) is 5.49. The van der Waals surface area contributed by atoms with E-state index in [1.165, 1.54) is 11.3 Å². The van der Waals surface area contributed by atoms with E-state index in [1.807, 2.05) is 13.8 Å². The maximum atomic E-state index is 11.9. The second-order valence-corrected chi connectivity index (χ2v) is 7.72. The van der Waals surface area contributed by atoms with Crippen molar-refractivity contribution < 1.29 is 13.5 Å². The summed E-state index contributed by atoms with van der Waals surface area (Å²) in [4.78, 5) is 0.950. The van der Waals surface area contributed by atoms with Crippen LogP contribution in [0, 0.1) is 6.92 Å². The molecular formula is C11H19NO3S2. The number of rotatable bonds is 6. The summed E-state index contributed by atoms with van der Waals surface area (Å²) >= 11 is 1.23. The quantitative estimate of drug-likeness (QED) is 0.834. The first-order valence-electron chi connectivity index (χ1n) is 5.55. The Morgan fingerprint density at radius 2 is 2.12 bits per heavy atom. The molecule has 4 nitrogen and oxygen atoms in total. The lowest BCUT2D eigenvalue weighted by atomic mass is 10.0. The summed E-state index contributed by atoms with van der Waals surface area (Å²) in [6, 6.07) is 3.35. The van der Waals surface area contributed by atoms with Gasteiger partial charge in [-0.15, -0.1) is 11.3 Å². The van der Waals surface area contributed by atoms with Crippen molar-refractivity contribution >= 4 is 21.4 Å². The number of nitrogens with one attached hydrogen (secondary N) is 1. The van der Waals surface area contributed by atoms with Gasteiger partial charge in [0.25, 0.3) is 0 Å². The normalized spacial score (nSPS) is 15.8. The summed E-state index contributed by atoms with van der Waals surface area (Å²) in [5, 5.41) is 9.91. The van der Waals surface area contributed by atoms with Crippen molar-refractivity contribution in [3.05, 3.63) is 17.0 Å². The van der Waals surface area contributed by atoms with Crippen LogP contribution in [0.1, 0.15) is 31.6 Å². The van der Waals surface area contributed by atoms with E-state index in [0.29, 0.717) is 10.6 Å². The average Bonchev–Trinajstić information content (AvgIpc) is 2.63. The van der Waals surface area contributed by atoms with Crippen LogP contribution in [0.4, 0.5) is 0 Å². The van der Waals surface area contributed by atoms with Crippen molar-refractivity contribution in [2.45, 2.75) is 43.4 Å². The van der Waals surface area contributed by atoms with Gasteiger partial charge in [-0.05, 0) is 32.4 Å². The molecule has 1 atom stereocenters. The predicted octanol–water partition coefficient (Wildman–Crippen LogP) is 1.89. The minimum Gasteiger partial charge on any atom is -0.389 e. The van der Waals surface area contributed by atoms with Crippen molar-refractivity contribution in [2.75, 3.05) is 6.54 Å². The molecule has 1 unspecified atom stereocenters. The van der Waals surface area contributed by atoms with Gasteiger partial charge in [0.1, 0.15) is 4.21 Å². The second-order valence-electron chi connectivity index (χ2n) is 4.44. The van der Waals surface area contributed by atoms with Crippen LogP contribution in [-0.2, 0) is 10.0 Å². The molecule has 1 heterocycles. The lowest BCUT2D eigenvalue weighted by Gasteiger charge is -2.22. The molecule has 1 aromatic heterocycles. The zero-order chi connectivity index (χ0) is 13.1. The molecule has 0 spiro atoms. The number of aryl methyl sites for hydroxylation is 1.